The summed E-state index contributed by atoms with van der Waals surface area (Å²) in [5, 5.41) is 13.3. The number of nitrogens with zero attached hydrogens (tertiary/aromatic N) is 1. The third kappa shape index (κ3) is 7.69. The van der Waals surface area contributed by atoms with Crippen LogP contribution in [0.5, 0.6) is 5.75 Å². The van der Waals surface area contributed by atoms with Gasteiger partial charge in [0.1, 0.15) is 30.0 Å². The Morgan fingerprint density at radius 2 is 1.78 bits per heavy atom. The van der Waals surface area contributed by atoms with E-state index < -0.39 is 35.7 Å². The molecule has 0 saturated carbocycles. The van der Waals surface area contributed by atoms with Crippen LogP contribution in [0.1, 0.15) is 31.9 Å². The zero-order chi connectivity index (χ0) is 26.5. The molecule has 3 rings (SSSR count). The number of amides is 2. The summed E-state index contributed by atoms with van der Waals surface area (Å²) < 4.78 is 11.1. The fourth-order valence-electron chi connectivity index (χ4n) is 3.41. The lowest BCUT2D eigenvalue weighted by molar-refractivity contribution is -0.142. The second-order valence-electron chi connectivity index (χ2n) is 9.20. The topological polar surface area (TPSA) is 105 Å². The summed E-state index contributed by atoms with van der Waals surface area (Å²) in [4.78, 5) is 38.5. The Morgan fingerprint density at radius 3 is 2.36 bits per heavy atom. The van der Waals surface area contributed by atoms with E-state index in [1.807, 2.05) is 0 Å². The number of carbonyl (C=O) groups excluding carboxylic acids is 2. The minimum atomic E-state index is -1.17. The van der Waals surface area contributed by atoms with Crippen molar-refractivity contribution >= 4 is 52.9 Å². The predicted molar refractivity (Wildman–Crippen MR) is 140 cm³/mol. The minimum Gasteiger partial charge on any atom is -0.489 e. The molecule has 8 nitrogen and oxygen atoms in total. The van der Waals surface area contributed by atoms with Gasteiger partial charge in [-0.25, -0.2) is 9.59 Å². The number of nitrogens with one attached hydrogen (secondary N) is 1. The molecule has 2 aromatic rings. The van der Waals surface area contributed by atoms with Crippen molar-refractivity contribution in [2.24, 2.45) is 0 Å². The van der Waals surface area contributed by atoms with E-state index in [-0.39, 0.29) is 13.0 Å². The van der Waals surface area contributed by atoms with Gasteiger partial charge in [-0.1, -0.05) is 41.4 Å². The fourth-order valence-corrected chi connectivity index (χ4v) is 5.06. The molecule has 2 aromatic carbocycles. The van der Waals surface area contributed by atoms with Crippen LogP contribution < -0.4 is 10.1 Å². The number of aliphatic carboxylic acids is 1. The lowest BCUT2D eigenvalue weighted by atomic mass is 10.1. The SMILES string of the molecule is CC(C)(C)OC(=O)N1CSCC1C(=O)N[C@@H](Cc1ccc(OCc2c(Cl)cccc2Cl)cc1)C(=O)O. The number of halogens is 2. The maximum atomic E-state index is 12.9. The summed E-state index contributed by atoms with van der Waals surface area (Å²) in [7, 11) is 0. The van der Waals surface area contributed by atoms with E-state index >= 15 is 0 Å². The quantitative estimate of drug-likeness (QED) is 0.473. The fraction of sp³-hybridized carbons (Fsp3) is 0.400. The number of rotatable bonds is 8. The van der Waals surface area contributed by atoms with Crippen LogP contribution in [0.15, 0.2) is 42.5 Å². The maximum Gasteiger partial charge on any atom is 0.411 e. The average molecular weight is 555 g/mol. The standard InChI is InChI=1S/C25H28Cl2N2O6S/c1-25(2,3)35-24(33)29-14-36-13-21(29)22(30)28-20(23(31)32)11-15-7-9-16(10-8-15)34-12-17-18(26)5-4-6-19(17)27/h4-10,20-21H,11-14H2,1-3H3,(H,28,30)(H,31,32)/t20-,21?/m0/s1. The first-order valence-corrected chi connectivity index (χ1v) is 13.1. The van der Waals surface area contributed by atoms with Crippen molar-refractivity contribution in [2.75, 3.05) is 11.6 Å². The van der Waals surface area contributed by atoms with Crippen LogP contribution in [0, 0.1) is 0 Å². The van der Waals surface area contributed by atoms with Crippen LogP contribution in [-0.2, 0) is 27.4 Å². The third-order valence-corrected chi connectivity index (χ3v) is 6.96. The molecule has 1 aliphatic rings. The van der Waals surface area contributed by atoms with Gasteiger partial charge >= 0.3 is 12.1 Å². The Hall–Kier alpha value is -2.62. The maximum absolute atomic E-state index is 12.9. The number of thioether (sulfide) groups is 1. The summed E-state index contributed by atoms with van der Waals surface area (Å²) in [5.41, 5.74) is 0.657. The van der Waals surface area contributed by atoms with Crippen LogP contribution in [0.2, 0.25) is 10.0 Å². The van der Waals surface area contributed by atoms with E-state index in [9.17, 15) is 19.5 Å². The Bertz CT molecular complexity index is 1090. The molecule has 1 heterocycles. The van der Waals surface area contributed by atoms with Crippen LogP contribution >= 0.6 is 35.0 Å². The molecular formula is C25H28Cl2N2O6S. The van der Waals surface area contributed by atoms with Crippen LogP contribution in [0.25, 0.3) is 0 Å². The number of carboxylic acid groups (broad SMARTS) is 1. The van der Waals surface area contributed by atoms with E-state index in [2.05, 4.69) is 5.32 Å². The molecule has 1 saturated heterocycles. The molecule has 0 aromatic heterocycles. The van der Waals surface area contributed by atoms with Crippen molar-refractivity contribution in [1.29, 1.82) is 0 Å². The zero-order valence-corrected chi connectivity index (χ0v) is 22.5. The molecule has 0 aliphatic carbocycles. The summed E-state index contributed by atoms with van der Waals surface area (Å²) >= 11 is 13.7. The highest BCUT2D eigenvalue weighted by Crippen LogP contribution is 2.26. The Balaban J connectivity index is 1.60. The van der Waals surface area contributed by atoms with Crippen molar-refractivity contribution in [3.63, 3.8) is 0 Å². The van der Waals surface area contributed by atoms with Crippen molar-refractivity contribution in [3.8, 4) is 5.75 Å². The first-order chi connectivity index (χ1) is 16.9. The van der Waals surface area contributed by atoms with E-state index in [0.717, 1.165) is 0 Å². The molecule has 2 amide bonds. The number of hydrogen-bond donors (Lipinski definition) is 2. The molecule has 2 atom stereocenters. The molecule has 36 heavy (non-hydrogen) atoms. The van der Waals surface area contributed by atoms with Gasteiger partial charge in [-0.15, -0.1) is 11.8 Å². The van der Waals surface area contributed by atoms with Gasteiger partial charge in [0, 0.05) is 27.8 Å². The van der Waals surface area contributed by atoms with Gasteiger partial charge in [-0.3, -0.25) is 9.69 Å². The lowest BCUT2D eigenvalue weighted by Crippen LogP contribution is -2.53. The van der Waals surface area contributed by atoms with Gasteiger partial charge in [0.2, 0.25) is 5.91 Å². The summed E-state index contributed by atoms with van der Waals surface area (Å²) in [5.74, 6) is -0.493. The predicted octanol–water partition coefficient (Wildman–Crippen LogP) is 4.99. The highest BCUT2D eigenvalue weighted by atomic mass is 35.5. The van der Waals surface area contributed by atoms with E-state index in [1.165, 1.54) is 16.7 Å². The van der Waals surface area contributed by atoms with Crippen molar-refractivity contribution in [3.05, 3.63) is 63.6 Å². The molecule has 0 bridgehead atoms. The van der Waals surface area contributed by atoms with Gasteiger partial charge in [0.25, 0.3) is 0 Å². The second kappa shape index (κ2) is 12.1. The van der Waals surface area contributed by atoms with E-state index in [0.29, 0.717) is 38.6 Å². The number of ether oxygens (including phenoxy) is 2. The summed E-state index contributed by atoms with van der Waals surface area (Å²) in [6.45, 7) is 5.41. The largest absolute Gasteiger partial charge is 0.489 e. The van der Waals surface area contributed by atoms with Gasteiger partial charge < -0.3 is 19.9 Å². The molecule has 1 fully saturated rings. The van der Waals surface area contributed by atoms with Crippen molar-refractivity contribution in [1.82, 2.24) is 10.2 Å². The molecule has 194 valence electrons. The van der Waals surface area contributed by atoms with Crippen LogP contribution in [0.4, 0.5) is 4.79 Å². The monoisotopic (exact) mass is 554 g/mol. The molecule has 0 spiro atoms. The highest BCUT2D eigenvalue weighted by Gasteiger charge is 2.38. The van der Waals surface area contributed by atoms with Gasteiger partial charge in [0.05, 0.1) is 5.88 Å². The molecule has 1 aliphatic heterocycles. The second-order valence-corrected chi connectivity index (χ2v) is 11.0. The van der Waals surface area contributed by atoms with Gasteiger partial charge in [-0.2, -0.15) is 0 Å². The number of carboxylic acids is 1. The molecule has 11 heteroatoms. The molecular weight excluding hydrogens is 527 g/mol. The lowest BCUT2D eigenvalue weighted by Gasteiger charge is -2.28. The zero-order valence-electron chi connectivity index (χ0n) is 20.1. The van der Waals surface area contributed by atoms with Crippen molar-refractivity contribution in [2.45, 2.75) is 51.5 Å². The van der Waals surface area contributed by atoms with Crippen LogP contribution in [0.3, 0.4) is 0 Å². The van der Waals surface area contributed by atoms with Gasteiger partial charge in [0.15, 0.2) is 0 Å². The van der Waals surface area contributed by atoms with Crippen LogP contribution in [-0.4, -0.2) is 57.3 Å². The molecule has 0 radical (unpaired) electrons. The first-order valence-electron chi connectivity index (χ1n) is 11.2. The smallest absolute Gasteiger partial charge is 0.411 e. The highest BCUT2D eigenvalue weighted by molar-refractivity contribution is 7.99. The number of hydrogen-bond acceptors (Lipinski definition) is 6. The Labute approximate surface area is 224 Å². The van der Waals surface area contributed by atoms with E-state index in [4.69, 9.17) is 32.7 Å². The van der Waals surface area contributed by atoms with E-state index in [1.54, 1.807) is 63.2 Å². The average Bonchev–Trinajstić information content (AvgIpc) is 3.28. The van der Waals surface area contributed by atoms with Gasteiger partial charge in [-0.05, 0) is 50.6 Å². The number of benzene rings is 2. The molecule has 2 N–H and O–H groups in total. The number of carbonyl (C=O) groups is 3. The normalized spacial score (nSPS) is 16.4. The summed E-state index contributed by atoms with van der Waals surface area (Å²) in [6.07, 6.45) is -0.544. The Kier molecular flexibility index (Phi) is 9.38. The van der Waals surface area contributed by atoms with Crippen molar-refractivity contribution < 1.29 is 29.0 Å². The minimum absolute atomic E-state index is 0.0595. The molecule has 1 unspecified atom stereocenters. The summed E-state index contributed by atoms with van der Waals surface area (Å²) in [6, 6.07) is 10.1. The first kappa shape index (κ1) is 28.0. The third-order valence-electron chi connectivity index (χ3n) is 5.24. The Morgan fingerprint density at radius 1 is 1.14 bits per heavy atom.